The van der Waals surface area contributed by atoms with Crippen molar-refractivity contribution >= 4 is 87.5 Å². The Morgan fingerprint density at radius 3 is 1.63 bits per heavy atom. The molecular formula is C63H37N5O2. The second-order valence-corrected chi connectivity index (χ2v) is 17.9. The third kappa shape index (κ3) is 5.72. The highest BCUT2D eigenvalue weighted by atomic mass is 16.3. The van der Waals surface area contributed by atoms with Crippen molar-refractivity contribution in [3.05, 3.63) is 224 Å². The third-order valence-electron chi connectivity index (χ3n) is 14.0. The fourth-order valence-corrected chi connectivity index (χ4v) is 10.9. The molecule has 15 aromatic rings. The summed E-state index contributed by atoms with van der Waals surface area (Å²) in [6, 6.07) is 78.4. The Bertz CT molecular complexity index is 4580. The number of para-hydroxylation sites is 4. The van der Waals surface area contributed by atoms with Crippen molar-refractivity contribution in [1.29, 1.82) is 0 Å². The predicted molar refractivity (Wildman–Crippen MR) is 285 cm³/mol. The molecule has 0 aliphatic heterocycles. The van der Waals surface area contributed by atoms with Crippen LogP contribution in [0.2, 0.25) is 0 Å². The van der Waals surface area contributed by atoms with Crippen LogP contribution in [-0.2, 0) is 0 Å². The van der Waals surface area contributed by atoms with Gasteiger partial charge >= 0.3 is 0 Å². The van der Waals surface area contributed by atoms with Gasteiger partial charge in [-0.05, 0) is 82.9 Å². The summed E-state index contributed by atoms with van der Waals surface area (Å²) in [6.07, 6.45) is 0. The van der Waals surface area contributed by atoms with E-state index in [1.807, 2.05) is 48.5 Å². The predicted octanol–water partition coefficient (Wildman–Crippen LogP) is 16.5. The van der Waals surface area contributed by atoms with Gasteiger partial charge in [0.05, 0.1) is 22.1 Å². The summed E-state index contributed by atoms with van der Waals surface area (Å²) in [5.41, 5.74) is 14.6. The summed E-state index contributed by atoms with van der Waals surface area (Å²) in [6.45, 7) is 0. The van der Waals surface area contributed by atoms with Gasteiger partial charge in [-0.1, -0.05) is 164 Å². The molecule has 0 amide bonds. The number of hydrogen-bond acceptors (Lipinski definition) is 5. The van der Waals surface area contributed by atoms with E-state index in [9.17, 15) is 0 Å². The van der Waals surface area contributed by atoms with E-state index in [0.29, 0.717) is 17.6 Å². The minimum Gasteiger partial charge on any atom is -0.456 e. The fraction of sp³-hybridized carbons (Fsp3) is 0. The zero-order valence-corrected chi connectivity index (χ0v) is 37.4. The van der Waals surface area contributed by atoms with Crippen LogP contribution in [0.3, 0.4) is 0 Å². The van der Waals surface area contributed by atoms with Crippen LogP contribution < -0.4 is 0 Å². The molecule has 0 saturated heterocycles. The van der Waals surface area contributed by atoms with Gasteiger partial charge in [-0.25, -0.2) is 4.98 Å². The number of rotatable bonds is 6. The minimum absolute atomic E-state index is 0.518. The van der Waals surface area contributed by atoms with Crippen molar-refractivity contribution in [2.45, 2.75) is 0 Å². The Morgan fingerprint density at radius 1 is 0.300 bits per heavy atom. The standard InChI is InChI=1S/C63H37N5O2/c1-4-17-38(18-5-1)41-36-49(57-47-25-12-15-29-53(47)70-56(57)37-41)40-31-34-54-50(35-40)58-48(26-16-30-55(58)69-54)62-64-61(39-19-6-2-7-20-39)65-63(66-62)68-52-28-14-11-24-44(52)46-33-32-45-43-23-10-13-27-51(43)67(59(45)60(46)68)42-21-8-3-9-22-42/h1-37H. The van der Waals surface area contributed by atoms with Crippen LogP contribution >= 0.6 is 0 Å². The Hall–Kier alpha value is -9.59. The number of aromatic nitrogens is 5. The maximum absolute atomic E-state index is 6.71. The topological polar surface area (TPSA) is 74.8 Å². The van der Waals surface area contributed by atoms with Gasteiger partial charge in [0, 0.05) is 59.9 Å². The minimum atomic E-state index is 0.518. The first-order valence-electron chi connectivity index (χ1n) is 23.5. The highest BCUT2D eigenvalue weighted by Crippen LogP contribution is 2.45. The lowest BCUT2D eigenvalue weighted by Crippen LogP contribution is -2.07. The average Bonchev–Trinajstić information content (AvgIpc) is 4.19. The van der Waals surface area contributed by atoms with Gasteiger partial charge in [-0.2, -0.15) is 9.97 Å². The molecule has 0 bridgehead atoms. The number of furan rings is 2. The Morgan fingerprint density at radius 2 is 0.871 bits per heavy atom. The largest absolute Gasteiger partial charge is 0.456 e. The number of fused-ring (bicyclic) bond motifs is 13. The van der Waals surface area contributed by atoms with Crippen LogP contribution in [0.5, 0.6) is 0 Å². The van der Waals surface area contributed by atoms with E-state index in [4.69, 9.17) is 23.8 Å². The maximum atomic E-state index is 6.71. The molecule has 7 heteroatoms. The lowest BCUT2D eigenvalue weighted by atomic mass is 9.93. The van der Waals surface area contributed by atoms with Crippen LogP contribution in [0, 0.1) is 0 Å². The van der Waals surface area contributed by atoms with E-state index in [0.717, 1.165) is 121 Å². The summed E-state index contributed by atoms with van der Waals surface area (Å²) in [5.74, 6) is 1.63. The van der Waals surface area contributed by atoms with Gasteiger partial charge in [0.2, 0.25) is 5.95 Å². The first kappa shape index (κ1) is 38.5. The fourth-order valence-electron chi connectivity index (χ4n) is 10.9. The maximum Gasteiger partial charge on any atom is 0.238 e. The number of hydrogen-bond donors (Lipinski definition) is 0. The van der Waals surface area contributed by atoms with E-state index in [2.05, 4.69) is 185 Å². The van der Waals surface area contributed by atoms with Crippen LogP contribution in [0.1, 0.15) is 0 Å². The van der Waals surface area contributed by atoms with Crippen molar-refractivity contribution in [2.24, 2.45) is 0 Å². The SMILES string of the molecule is c1ccc(-c2cc(-c3ccc4oc5cccc(-c6nc(-c7ccccc7)nc(-n7c8ccccc8c8ccc9c%10ccccc%10n(-c%10ccccc%10)c9c87)n6)c5c4c3)c3c(c2)oc2ccccc23)cc1. The van der Waals surface area contributed by atoms with Crippen molar-refractivity contribution < 1.29 is 8.83 Å². The summed E-state index contributed by atoms with van der Waals surface area (Å²) in [5, 5.41) is 8.57. The molecule has 0 radical (unpaired) electrons. The van der Waals surface area contributed by atoms with Crippen molar-refractivity contribution in [3.63, 3.8) is 0 Å². The quantitative estimate of drug-likeness (QED) is 0.166. The number of benzene rings is 10. The summed E-state index contributed by atoms with van der Waals surface area (Å²) in [4.78, 5) is 16.3. The van der Waals surface area contributed by atoms with E-state index in [1.54, 1.807) is 0 Å². The third-order valence-corrected chi connectivity index (χ3v) is 14.0. The first-order chi connectivity index (χ1) is 34.7. The molecule has 326 valence electrons. The van der Waals surface area contributed by atoms with E-state index < -0.39 is 0 Å². The van der Waals surface area contributed by atoms with Gasteiger partial charge in [0.1, 0.15) is 22.3 Å². The second kappa shape index (κ2) is 15.0. The molecule has 0 aliphatic carbocycles. The van der Waals surface area contributed by atoms with Gasteiger partial charge < -0.3 is 13.4 Å². The monoisotopic (exact) mass is 895 g/mol. The molecule has 15 rings (SSSR count). The second-order valence-electron chi connectivity index (χ2n) is 17.9. The highest BCUT2D eigenvalue weighted by Gasteiger charge is 2.25. The Balaban J connectivity index is 1.01. The Kier molecular flexibility index (Phi) is 8.23. The van der Waals surface area contributed by atoms with Gasteiger partial charge in [-0.3, -0.25) is 4.57 Å². The molecule has 5 aromatic heterocycles. The molecule has 10 aromatic carbocycles. The van der Waals surface area contributed by atoms with Crippen LogP contribution in [-0.4, -0.2) is 24.1 Å². The molecule has 5 heterocycles. The molecule has 0 spiro atoms. The van der Waals surface area contributed by atoms with Gasteiger partial charge in [0.25, 0.3) is 0 Å². The zero-order valence-electron chi connectivity index (χ0n) is 37.4. The van der Waals surface area contributed by atoms with E-state index >= 15 is 0 Å². The molecule has 70 heavy (non-hydrogen) atoms. The van der Waals surface area contributed by atoms with E-state index in [-0.39, 0.29) is 0 Å². The van der Waals surface area contributed by atoms with Gasteiger partial charge in [0.15, 0.2) is 11.6 Å². The first-order valence-corrected chi connectivity index (χ1v) is 23.5. The summed E-state index contributed by atoms with van der Waals surface area (Å²) < 4.78 is 17.9. The Labute approximate surface area is 399 Å². The molecular weight excluding hydrogens is 859 g/mol. The molecule has 7 nitrogen and oxygen atoms in total. The normalized spacial score (nSPS) is 12.0. The molecule has 0 aliphatic rings. The smallest absolute Gasteiger partial charge is 0.238 e. The van der Waals surface area contributed by atoms with E-state index in [1.165, 1.54) is 5.39 Å². The van der Waals surface area contributed by atoms with Crippen LogP contribution in [0.25, 0.3) is 144 Å². The van der Waals surface area contributed by atoms with Crippen LogP contribution in [0.4, 0.5) is 0 Å². The zero-order chi connectivity index (χ0) is 45.9. The lowest BCUT2D eigenvalue weighted by Gasteiger charge is -2.13. The molecule has 0 atom stereocenters. The van der Waals surface area contributed by atoms with Crippen molar-refractivity contribution in [2.75, 3.05) is 0 Å². The number of nitrogens with zero attached hydrogens (tertiary/aromatic N) is 5. The highest BCUT2D eigenvalue weighted by molar-refractivity contribution is 6.24. The van der Waals surface area contributed by atoms with Crippen molar-refractivity contribution in [1.82, 2.24) is 24.1 Å². The van der Waals surface area contributed by atoms with Gasteiger partial charge in [-0.15, -0.1) is 0 Å². The molecule has 0 saturated carbocycles. The average molecular weight is 896 g/mol. The van der Waals surface area contributed by atoms with Crippen molar-refractivity contribution in [3.8, 4) is 56.7 Å². The summed E-state index contributed by atoms with van der Waals surface area (Å²) in [7, 11) is 0. The lowest BCUT2D eigenvalue weighted by molar-refractivity contribution is 0.669. The molecule has 0 unspecified atom stereocenters. The molecule has 0 N–H and O–H groups in total. The van der Waals surface area contributed by atoms with Crippen LogP contribution in [0.15, 0.2) is 233 Å². The molecule has 0 fully saturated rings. The summed E-state index contributed by atoms with van der Waals surface area (Å²) >= 11 is 0.